The molecule has 1 heterocycles. The SMILES string of the molecule is [B]C([B])([B])Oc1c(Oc2cc(Cl)c(C(F)F)c(OC)c2C(=O)Nc2ccnc(C(=O)OC)c2)ccc(OC(F)(F)F)c1F. The van der Waals surface area contributed by atoms with Crippen LogP contribution in [0.2, 0.25) is 5.02 Å². The normalized spacial score (nSPS) is 11.6. The van der Waals surface area contributed by atoms with Crippen molar-refractivity contribution in [1.82, 2.24) is 4.98 Å². The van der Waals surface area contributed by atoms with Crippen LogP contribution in [-0.2, 0) is 4.74 Å². The molecule has 0 atom stereocenters. The fourth-order valence-corrected chi connectivity index (χ4v) is 3.71. The number of ether oxygens (including phenoxy) is 5. The maximum Gasteiger partial charge on any atom is 0.573 e. The van der Waals surface area contributed by atoms with Crippen LogP contribution in [-0.4, -0.2) is 66.3 Å². The van der Waals surface area contributed by atoms with Crippen molar-refractivity contribution in [2.24, 2.45) is 0 Å². The van der Waals surface area contributed by atoms with Crippen LogP contribution in [0, 0.1) is 5.82 Å². The lowest BCUT2D eigenvalue weighted by Gasteiger charge is -2.26. The fraction of sp³-hybridized carbons (Fsp3) is 0.208. The largest absolute Gasteiger partial charge is 0.573 e. The highest BCUT2D eigenvalue weighted by atomic mass is 35.5. The van der Waals surface area contributed by atoms with Gasteiger partial charge in [0.05, 0.1) is 24.8 Å². The van der Waals surface area contributed by atoms with Gasteiger partial charge in [-0.2, -0.15) is 4.39 Å². The lowest BCUT2D eigenvalue weighted by Crippen LogP contribution is -2.38. The lowest BCUT2D eigenvalue weighted by molar-refractivity contribution is -0.275. The van der Waals surface area contributed by atoms with E-state index in [1.807, 2.05) is 0 Å². The summed E-state index contributed by atoms with van der Waals surface area (Å²) in [5.74, 6) is -8.87. The van der Waals surface area contributed by atoms with Crippen LogP contribution in [0.3, 0.4) is 0 Å². The van der Waals surface area contributed by atoms with Gasteiger partial charge in [0.1, 0.15) is 46.3 Å². The number of benzene rings is 2. The molecule has 0 bridgehead atoms. The molecule has 3 aromatic rings. The molecule has 3 rings (SSSR count). The molecule has 0 unspecified atom stereocenters. The Morgan fingerprint density at radius 3 is 2.19 bits per heavy atom. The molecule has 0 aliphatic heterocycles. The summed E-state index contributed by atoms with van der Waals surface area (Å²) in [4.78, 5) is 29.0. The summed E-state index contributed by atoms with van der Waals surface area (Å²) in [6.45, 7) is 0. The molecule has 0 spiro atoms. The average molecular weight is 624 g/mol. The van der Waals surface area contributed by atoms with Gasteiger partial charge >= 0.3 is 12.3 Å². The van der Waals surface area contributed by atoms with E-state index in [0.29, 0.717) is 12.1 Å². The summed E-state index contributed by atoms with van der Waals surface area (Å²) in [6, 6.07) is 4.18. The van der Waals surface area contributed by atoms with Crippen LogP contribution >= 0.6 is 11.6 Å². The number of aromatic nitrogens is 1. The molecule has 1 amide bonds. The molecule has 9 nitrogen and oxygen atoms in total. The number of amides is 1. The fourth-order valence-electron chi connectivity index (χ4n) is 3.44. The number of nitrogens with zero attached hydrogens (tertiary/aromatic N) is 1. The molecule has 6 radical (unpaired) electrons. The van der Waals surface area contributed by atoms with Gasteiger partial charge in [0.2, 0.25) is 5.82 Å². The Labute approximate surface area is 248 Å². The molecule has 0 saturated carbocycles. The second kappa shape index (κ2) is 13.0. The van der Waals surface area contributed by atoms with Gasteiger partial charge in [0.15, 0.2) is 17.2 Å². The zero-order valence-electron chi connectivity index (χ0n) is 21.7. The molecular weight excluding hydrogens is 610 g/mol. The number of nitrogens with one attached hydrogen (secondary N) is 1. The Bertz CT molecular complexity index is 1540. The number of alkyl halides is 5. The number of hydrogen-bond donors (Lipinski definition) is 1. The molecule has 2 aromatic carbocycles. The van der Waals surface area contributed by atoms with E-state index < -0.39 is 80.7 Å². The van der Waals surface area contributed by atoms with E-state index in [1.165, 1.54) is 6.07 Å². The summed E-state index contributed by atoms with van der Waals surface area (Å²) in [6.07, 6.45) is -7.51. The van der Waals surface area contributed by atoms with Gasteiger partial charge in [-0.15, -0.1) is 13.2 Å². The minimum Gasteiger partial charge on any atom is -0.510 e. The quantitative estimate of drug-likeness (QED) is 0.190. The molecule has 43 heavy (non-hydrogen) atoms. The summed E-state index contributed by atoms with van der Waals surface area (Å²) < 4.78 is 105. The molecular formula is C24H14B3ClF6N2O7. The van der Waals surface area contributed by atoms with Crippen molar-refractivity contribution in [2.75, 3.05) is 19.5 Å². The number of carbonyl (C=O) groups excluding carboxylic acids is 2. The van der Waals surface area contributed by atoms with E-state index >= 15 is 4.39 Å². The maximum absolute atomic E-state index is 15.1. The van der Waals surface area contributed by atoms with E-state index in [4.69, 9.17) is 49.4 Å². The molecule has 1 aromatic heterocycles. The Balaban J connectivity index is 2.21. The second-order valence-corrected chi connectivity index (χ2v) is 8.57. The molecule has 0 aliphatic carbocycles. The first-order chi connectivity index (χ1) is 20.0. The monoisotopic (exact) mass is 624 g/mol. The molecule has 19 heteroatoms. The van der Waals surface area contributed by atoms with Crippen molar-refractivity contribution in [3.63, 3.8) is 0 Å². The second-order valence-electron chi connectivity index (χ2n) is 8.17. The Morgan fingerprint density at radius 1 is 0.977 bits per heavy atom. The van der Waals surface area contributed by atoms with Gasteiger partial charge in [0, 0.05) is 18.0 Å². The first-order valence-corrected chi connectivity index (χ1v) is 11.7. The van der Waals surface area contributed by atoms with Gasteiger partial charge in [-0.3, -0.25) is 4.79 Å². The van der Waals surface area contributed by atoms with Crippen molar-refractivity contribution < 1.29 is 59.6 Å². The minimum absolute atomic E-state index is 0.0788. The van der Waals surface area contributed by atoms with Crippen LogP contribution in [0.25, 0.3) is 0 Å². The standard InChI is InChI=1S/C24H14B3ClF6N2O7/c1-39-19-15(20(30)31)10(28)8-14(16(19)21(37)36-9-5-6-35-11(7-9)22(38)40-2)41-13-4-3-12(42-24(32,33)34)17(29)18(13)43-23(25,26)27/h3-8,20H,1-2H3,(H,35,36,37). The highest BCUT2D eigenvalue weighted by molar-refractivity contribution is 6.58. The third-order valence-corrected chi connectivity index (χ3v) is 5.36. The summed E-state index contributed by atoms with van der Waals surface area (Å²) in [5.41, 5.74) is -2.03. The number of methoxy groups -OCH3 is 2. The number of carbonyl (C=O) groups is 2. The van der Waals surface area contributed by atoms with Crippen molar-refractivity contribution in [3.8, 4) is 28.7 Å². The maximum atomic E-state index is 15.1. The molecule has 1 N–H and O–H groups in total. The zero-order valence-corrected chi connectivity index (χ0v) is 22.5. The van der Waals surface area contributed by atoms with Gasteiger partial charge in [-0.1, -0.05) is 11.6 Å². The van der Waals surface area contributed by atoms with Crippen molar-refractivity contribution in [1.29, 1.82) is 0 Å². The van der Waals surface area contributed by atoms with Crippen LogP contribution < -0.4 is 24.3 Å². The molecule has 0 aliphatic rings. The molecule has 220 valence electrons. The third kappa shape index (κ3) is 8.21. The van der Waals surface area contributed by atoms with Gasteiger partial charge in [-0.25, -0.2) is 18.6 Å². The van der Waals surface area contributed by atoms with E-state index in [9.17, 15) is 31.5 Å². The van der Waals surface area contributed by atoms with E-state index in [-0.39, 0.29) is 11.4 Å². The predicted molar refractivity (Wildman–Crippen MR) is 140 cm³/mol. The van der Waals surface area contributed by atoms with Crippen molar-refractivity contribution in [3.05, 3.63) is 64.2 Å². The number of rotatable bonds is 10. The van der Waals surface area contributed by atoms with E-state index in [2.05, 4.69) is 19.8 Å². The Hall–Kier alpha value is -4.21. The highest BCUT2D eigenvalue weighted by Gasteiger charge is 2.35. The number of hydrogen-bond acceptors (Lipinski definition) is 8. The van der Waals surface area contributed by atoms with Gasteiger partial charge in [-0.05, 0) is 29.6 Å². The predicted octanol–water partition coefficient (Wildman–Crippen LogP) is 5.05. The van der Waals surface area contributed by atoms with Crippen LogP contribution in [0.4, 0.5) is 32.0 Å². The summed E-state index contributed by atoms with van der Waals surface area (Å²) >= 11 is 6.02. The van der Waals surface area contributed by atoms with Gasteiger partial charge in [0.25, 0.3) is 12.3 Å². The van der Waals surface area contributed by atoms with E-state index in [0.717, 1.165) is 32.5 Å². The van der Waals surface area contributed by atoms with E-state index in [1.54, 1.807) is 0 Å². The van der Waals surface area contributed by atoms with Crippen LogP contribution in [0.5, 0.6) is 28.7 Å². The average Bonchev–Trinajstić information content (AvgIpc) is 2.89. The Kier molecular flexibility index (Phi) is 10.0. The van der Waals surface area contributed by atoms with Crippen LogP contribution in [0.1, 0.15) is 32.8 Å². The summed E-state index contributed by atoms with van der Waals surface area (Å²) in [7, 11) is 18.0. The minimum atomic E-state index is -5.34. The number of anilines is 1. The zero-order chi connectivity index (χ0) is 32.3. The third-order valence-electron chi connectivity index (χ3n) is 5.04. The first kappa shape index (κ1) is 33.3. The topological polar surface area (TPSA) is 105 Å². The first-order valence-electron chi connectivity index (χ1n) is 11.3. The molecule has 0 saturated heterocycles. The number of esters is 1. The smallest absolute Gasteiger partial charge is 0.510 e. The van der Waals surface area contributed by atoms with Crippen molar-refractivity contribution in [2.45, 2.75) is 18.1 Å². The number of pyridine rings is 1. The van der Waals surface area contributed by atoms with Crippen molar-refractivity contribution >= 4 is 52.7 Å². The number of halogens is 7. The lowest BCUT2D eigenvalue weighted by atomic mass is 9.52. The summed E-state index contributed by atoms with van der Waals surface area (Å²) in [5, 5.41) is -1.07. The van der Waals surface area contributed by atoms with Crippen LogP contribution in [0.15, 0.2) is 36.5 Å². The Morgan fingerprint density at radius 2 is 1.63 bits per heavy atom. The van der Waals surface area contributed by atoms with Gasteiger partial charge < -0.3 is 29.0 Å². The molecule has 0 fully saturated rings. The highest BCUT2D eigenvalue weighted by Crippen LogP contribution is 2.47.